The van der Waals surface area contributed by atoms with Crippen molar-refractivity contribution in [2.45, 2.75) is 0 Å². The Bertz CT molecular complexity index is 1160. The van der Waals surface area contributed by atoms with Crippen LogP contribution in [0.2, 0.25) is 5.02 Å². The second kappa shape index (κ2) is 9.73. The van der Waals surface area contributed by atoms with Crippen molar-refractivity contribution in [2.75, 3.05) is 51.2 Å². The molecule has 0 atom stereocenters. The van der Waals surface area contributed by atoms with E-state index in [4.69, 9.17) is 17.0 Å². The molecule has 0 amide bonds. The summed E-state index contributed by atoms with van der Waals surface area (Å²) in [6.07, 6.45) is 1.85. The third kappa shape index (κ3) is 4.96. The number of benzene rings is 1. The molecule has 0 aliphatic carbocycles. The molecule has 32 heavy (non-hydrogen) atoms. The first-order valence-electron chi connectivity index (χ1n) is 10.6. The standard InChI is InChI=1S/C24H26ClFN6/c1-16(24(27)19-13-17(25)3-4-20(19)26)21-5-6-22-23(30-21)14-18(15-29-22)31(2)11-12-32-9-7-28-8-10-32/h3-6,13-15,27-28H,1,7-12H2,2H3. The van der Waals surface area contributed by atoms with Crippen molar-refractivity contribution < 1.29 is 4.39 Å². The average Bonchev–Trinajstić information content (AvgIpc) is 2.83. The summed E-state index contributed by atoms with van der Waals surface area (Å²) in [5.74, 6) is -0.517. The zero-order valence-electron chi connectivity index (χ0n) is 18.0. The Labute approximate surface area is 192 Å². The fraction of sp³-hybridized carbons (Fsp3) is 0.292. The zero-order valence-corrected chi connectivity index (χ0v) is 18.8. The van der Waals surface area contributed by atoms with Gasteiger partial charge < -0.3 is 10.2 Å². The SMILES string of the molecule is C=C(C(=N)c1cc(Cl)ccc1F)c1ccc2ncc(N(C)CCN3CCNCC3)cc2n1. The van der Waals surface area contributed by atoms with Gasteiger partial charge in [0.25, 0.3) is 0 Å². The number of hydrogen-bond acceptors (Lipinski definition) is 6. The molecule has 1 aliphatic heterocycles. The molecule has 0 saturated carbocycles. The molecule has 1 aromatic carbocycles. The summed E-state index contributed by atoms with van der Waals surface area (Å²) in [5, 5.41) is 12.1. The molecule has 8 heteroatoms. The number of fused-ring (bicyclic) bond motifs is 1. The number of piperazine rings is 1. The first-order valence-corrected chi connectivity index (χ1v) is 10.9. The summed E-state index contributed by atoms with van der Waals surface area (Å²) in [6.45, 7) is 10.1. The van der Waals surface area contributed by atoms with E-state index in [0.717, 1.165) is 50.5 Å². The number of nitrogens with zero attached hydrogens (tertiary/aromatic N) is 4. The maximum Gasteiger partial charge on any atom is 0.132 e. The number of anilines is 1. The van der Waals surface area contributed by atoms with Gasteiger partial charge in [-0.3, -0.25) is 15.3 Å². The lowest BCUT2D eigenvalue weighted by Crippen LogP contribution is -2.46. The Morgan fingerprint density at radius 3 is 2.78 bits per heavy atom. The predicted molar refractivity (Wildman–Crippen MR) is 129 cm³/mol. The predicted octanol–water partition coefficient (Wildman–Crippen LogP) is 3.84. The normalized spacial score (nSPS) is 14.5. The van der Waals surface area contributed by atoms with Crippen LogP contribution in [0.15, 0.2) is 49.2 Å². The minimum atomic E-state index is -0.517. The Hall–Kier alpha value is -2.87. The molecule has 0 unspecified atom stereocenters. The number of hydrogen-bond donors (Lipinski definition) is 2. The Morgan fingerprint density at radius 1 is 1.22 bits per heavy atom. The topological polar surface area (TPSA) is 68.1 Å². The van der Waals surface area contributed by atoms with Gasteiger partial charge in [-0.1, -0.05) is 18.2 Å². The van der Waals surface area contributed by atoms with Crippen LogP contribution in [0.4, 0.5) is 10.1 Å². The molecule has 1 fully saturated rings. The number of halogens is 2. The molecule has 1 aliphatic rings. The van der Waals surface area contributed by atoms with Crippen LogP contribution in [0, 0.1) is 11.2 Å². The number of aromatic nitrogens is 2. The molecule has 0 radical (unpaired) electrons. The minimum Gasteiger partial charge on any atom is -0.372 e. The molecule has 2 N–H and O–H groups in total. The van der Waals surface area contributed by atoms with E-state index < -0.39 is 5.82 Å². The van der Waals surface area contributed by atoms with Gasteiger partial charge in [-0.25, -0.2) is 9.37 Å². The minimum absolute atomic E-state index is 0.0471. The lowest BCUT2D eigenvalue weighted by atomic mass is 10.0. The maximum absolute atomic E-state index is 14.2. The summed E-state index contributed by atoms with van der Waals surface area (Å²) in [7, 11) is 2.05. The van der Waals surface area contributed by atoms with Crippen LogP contribution >= 0.6 is 11.6 Å². The van der Waals surface area contributed by atoms with E-state index in [1.807, 2.05) is 25.4 Å². The second-order valence-corrected chi connectivity index (χ2v) is 8.36. The highest BCUT2D eigenvalue weighted by molar-refractivity contribution is 6.33. The fourth-order valence-corrected chi connectivity index (χ4v) is 3.88. The summed E-state index contributed by atoms with van der Waals surface area (Å²) in [4.78, 5) is 13.8. The smallest absolute Gasteiger partial charge is 0.132 e. The van der Waals surface area contributed by atoms with Gasteiger partial charge in [-0.2, -0.15) is 0 Å². The van der Waals surface area contributed by atoms with Gasteiger partial charge in [0, 0.05) is 62.5 Å². The summed E-state index contributed by atoms with van der Waals surface area (Å²) in [6, 6.07) is 9.71. The zero-order chi connectivity index (χ0) is 22.7. The van der Waals surface area contributed by atoms with Crippen LogP contribution in [-0.4, -0.2) is 66.9 Å². The fourth-order valence-electron chi connectivity index (χ4n) is 3.71. The molecule has 166 valence electrons. The lowest BCUT2D eigenvalue weighted by molar-refractivity contribution is 0.246. The third-order valence-corrected chi connectivity index (χ3v) is 5.97. The molecule has 4 rings (SSSR count). The van der Waals surface area contributed by atoms with Crippen LogP contribution in [-0.2, 0) is 0 Å². The maximum atomic E-state index is 14.2. The van der Waals surface area contributed by atoms with Gasteiger partial charge in [0.15, 0.2) is 0 Å². The van der Waals surface area contributed by atoms with E-state index in [2.05, 4.69) is 31.7 Å². The third-order valence-electron chi connectivity index (χ3n) is 5.73. The quantitative estimate of drug-likeness (QED) is 0.533. The summed E-state index contributed by atoms with van der Waals surface area (Å²) < 4.78 is 14.2. The number of likely N-dealkylation sites (N-methyl/N-ethyl adjacent to an activating group) is 1. The summed E-state index contributed by atoms with van der Waals surface area (Å²) in [5.41, 5.74) is 3.31. The number of allylic oxidation sites excluding steroid dienone is 1. The van der Waals surface area contributed by atoms with Crippen molar-refractivity contribution in [1.82, 2.24) is 20.2 Å². The molecule has 6 nitrogen and oxygen atoms in total. The van der Waals surface area contributed by atoms with Crippen molar-refractivity contribution in [3.05, 3.63) is 71.3 Å². The second-order valence-electron chi connectivity index (χ2n) is 7.92. The van der Waals surface area contributed by atoms with E-state index in [9.17, 15) is 4.39 Å². The van der Waals surface area contributed by atoms with Gasteiger partial charge in [0.1, 0.15) is 5.82 Å². The monoisotopic (exact) mass is 452 g/mol. The van der Waals surface area contributed by atoms with Gasteiger partial charge in [-0.15, -0.1) is 0 Å². The number of pyridine rings is 2. The van der Waals surface area contributed by atoms with Crippen LogP contribution in [0.25, 0.3) is 16.6 Å². The van der Waals surface area contributed by atoms with Gasteiger partial charge >= 0.3 is 0 Å². The first-order chi connectivity index (χ1) is 15.4. The molecular formula is C24H26ClFN6. The Morgan fingerprint density at radius 2 is 2.00 bits per heavy atom. The number of nitrogens with one attached hydrogen (secondary N) is 2. The molecule has 3 heterocycles. The largest absolute Gasteiger partial charge is 0.372 e. The van der Waals surface area contributed by atoms with E-state index in [1.165, 1.54) is 18.2 Å². The Kier molecular flexibility index (Phi) is 6.79. The highest BCUT2D eigenvalue weighted by Gasteiger charge is 2.16. The lowest BCUT2D eigenvalue weighted by Gasteiger charge is -2.29. The van der Waals surface area contributed by atoms with Crippen LogP contribution in [0.5, 0.6) is 0 Å². The molecule has 0 spiro atoms. The molecular weight excluding hydrogens is 427 g/mol. The molecule has 0 bridgehead atoms. The number of rotatable bonds is 7. The van der Waals surface area contributed by atoms with Gasteiger partial charge in [0.05, 0.1) is 34.3 Å². The van der Waals surface area contributed by atoms with E-state index >= 15 is 0 Å². The molecule has 3 aromatic rings. The van der Waals surface area contributed by atoms with Gasteiger partial charge in [-0.05, 0) is 36.4 Å². The van der Waals surface area contributed by atoms with Crippen LogP contribution in [0.1, 0.15) is 11.3 Å². The van der Waals surface area contributed by atoms with E-state index in [1.54, 1.807) is 6.07 Å². The Balaban J connectivity index is 1.53. The van der Waals surface area contributed by atoms with Crippen LogP contribution in [0.3, 0.4) is 0 Å². The average molecular weight is 453 g/mol. The van der Waals surface area contributed by atoms with Crippen molar-refractivity contribution in [1.29, 1.82) is 5.41 Å². The van der Waals surface area contributed by atoms with Crippen molar-refractivity contribution in [3.8, 4) is 0 Å². The molecule has 2 aromatic heterocycles. The van der Waals surface area contributed by atoms with E-state index in [-0.39, 0.29) is 11.3 Å². The van der Waals surface area contributed by atoms with Gasteiger partial charge in [0.2, 0.25) is 0 Å². The first kappa shape index (κ1) is 22.3. The van der Waals surface area contributed by atoms with Crippen molar-refractivity contribution >= 4 is 39.6 Å². The van der Waals surface area contributed by atoms with E-state index in [0.29, 0.717) is 21.8 Å². The van der Waals surface area contributed by atoms with Crippen molar-refractivity contribution in [3.63, 3.8) is 0 Å². The summed E-state index contributed by atoms with van der Waals surface area (Å²) >= 11 is 5.98. The molecule has 1 saturated heterocycles. The highest BCUT2D eigenvalue weighted by Crippen LogP contribution is 2.24. The highest BCUT2D eigenvalue weighted by atomic mass is 35.5. The van der Waals surface area contributed by atoms with Crippen LogP contribution < -0.4 is 10.2 Å². The van der Waals surface area contributed by atoms with Crippen molar-refractivity contribution in [2.24, 2.45) is 0 Å².